The van der Waals surface area contributed by atoms with Crippen molar-refractivity contribution in [2.24, 2.45) is 5.84 Å². The lowest BCUT2D eigenvalue weighted by atomic mass is 10.1. The molecule has 0 aliphatic heterocycles. The van der Waals surface area contributed by atoms with Crippen LogP contribution in [0.25, 0.3) is 0 Å². The Morgan fingerprint density at radius 1 is 1.21 bits per heavy atom. The molecule has 0 spiro atoms. The second kappa shape index (κ2) is 6.70. The number of nitrogens with two attached hydrogens (primary N) is 1. The Morgan fingerprint density at radius 2 is 1.84 bits per heavy atom. The van der Waals surface area contributed by atoms with Crippen LogP contribution < -0.4 is 16.2 Å². The Hall–Kier alpha value is -1.36. The zero-order valence-electron chi connectivity index (χ0n) is 13.0. The Morgan fingerprint density at radius 3 is 2.26 bits per heavy atom. The van der Waals surface area contributed by atoms with Crippen LogP contribution in [0, 0.1) is 6.92 Å². The van der Waals surface area contributed by atoms with Gasteiger partial charge in [-0.05, 0) is 27.2 Å². The number of nitrogens with zero attached hydrogens (tertiary/aromatic N) is 3. The minimum Gasteiger partial charge on any atom is -0.354 e. The normalized spacial score (nSPS) is 11.2. The van der Waals surface area contributed by atoms with Crippen molar-refractivity contribution in [2.45, 2.75) is 59.9 Å². The molecule has 3 N–H and O–H groups in total. The van der Waals surface area contributed by atoms with Gasteiger partial charge in [0.25, 0.3) is 0 Å². The molecule has 0 saturated carbocycles. The van der Waals surface area contributed by atoms with E-state index in [9.17, 15) is 0 Å². The molecule has 0 aliphatic carbocycles. The number of nitrogens with one attached hydrogen (secondary N) is 1. The lowest BCUT2D eigenvalue weighted by Crippen LogP contribution is -2.33. The highest BCUT2D eigenvalue weighted by molar-refractivity contribution is 5.58. The Balaban J connectivity index is 3.33. The van der Waals surface area contributed by atoms with Crippen molar-refractivity contribution in [3.05, 3.63) is 11.4 Å². The molecule has 0 unspecified atom stereocenters. The molecule has 0 bridgehead atoms. The third-order valence-electron chi connectivity index (χ3n) is 3.15. The summed E-state index contributed by atoms with van der Waals surface area (Å²) < 4.78 is 0. The number of nitrogen functional groups attached to an aromatic ring is 1. The first kappa shape index (κ1) is 15.7. The molecule has 1 aromatic heterocycles. The SMILES string of the molecule is CCCN(c1nc(C(C)C)nc(NN)c1C)C(C)C. The van der Waals surface area contributed by atoms with E-state index in [1.165, 1.54) is 0 Å². The molecular formula is C14H27N5. The maximum absolute atomic E-state index is 5.58. The molecule has 0 aliphatic rings. The average molecular weight is 265 g/mol. The maximum atomic E-state index is 5.58. The van der Waals surface area contributed by atoms with E-state index in [2.05, 4.69) is 49.9 Å². The fourth-order valence-corrected chi connectivity index (χ4v) is 2.05. The predicted molar refractivity (Wildman–Crippen MR) is 81.4 cm³/mol. The summed E-state index contributed by atoms with van der Waals surface area (Å²) in [5, 5.41) is 0. The minimum atomic E-state index is 0.280. The summed E-state index contributed by atoms with van der Waals surface area (Å²) in [6.45, 7) is 13.7. The number of hydrogen-bond donors (Lipinski definition) is 2. The highest BCUT2D eigenvalue weighted by atomic mass is 15.3. The van der Waals surface area contributed by atoms with Crippen LogP contribution in [-0.4, -0.2) is 22.6 Å². The first-order valence-corrected chi connectivity index (χ1v) is 7.04. The summed E-state index contributed by atoms with van der Waals surface area (Å²) >= 11 is 0. The van der Waals surface area contributed by atoms with Gasteiger partial charge in [0, 0.05) is 24.1 Å². The van der Waals surface area contributed by atoms with Crippen molar-refractivity contribution in [3.8, 4) is 0 Å². The van der Waals surface area contributed by atoms with E-state index < -0.39 is 0 Å². The molecule has 5 heteroatoms. The first-order valence-electron chi connectivity index (χ1n) is 7.04. The monoisotopic (exact) mass is 265 g/mol. The Bertz CT molecular complexity index is 415. The van der Waals surface area contributed by atoms with Crippen LogP contribution in [0.2, 0.25) is 0 Å². The molecule has 0 fully saturated rings. The Kier molecular flexibility index (Phi) is 5.54. The van der Waals surface area contributed by atoms with Gasteiger partial charge in [0.15, 0.2) is 0 Å². The molecular weight excluding hydrogens is 238 g/mol. The number of rotatable bonds is 6. The molecule has 1 aromatic rings. The molecule has 19 heavy (non-hydrogen) atoms. The summed E-state index contributed by atoms with van der Waals surface area (Å²) in [5.74, 6) is 8.40. The van der Waals surface area contributed by atoms with Crippen LogP contribution in [0.3, 0.4) is 0 Å². The molecule has 1 heterocycles. The number of aromatic nitrogens is 2. The Labute approximate surface area is 116 Å². The molecule has 0 amide bonds. The molecule has 1 rings (SSSR count). The predicted octanol–water partition coefficient (Wildman–Crippen LogP) is 2.82. The minimum absolute atomic E-state index is 0.280. The van der Waals surface area contributed by atoms with Crippen LogP contribution in [0.4, 0.5) is 11.6 Å². The van der Waals surface area contributed by atoms with Crippen molar-refractivity contribution in [1.29, 1.82) is 0 Å². The van der Waals surface area contributed by atoms with E-state index >= 15 is 0 Å². The van der Waals surface area contributed by atoms with Crippen molar-refractivity contribution in [3.63, 3.8) is 0 Å². The van der Waals surface area contributed by atoms with E-state index in [0.29, 0.717) is 6.04 Å². The highest BCUT2D eigenvalue weighted by Crippen LogP contribution is 2.27. The van der Waals surface area contributed by atoms with Crippen LogP contribution in [0.5, 0.6) is 0 Å². The van der Waals surface area contributed by atoms with Crippen molar-refractivity contribution in [1.82, 2.24) is 9.97 Å². The number of hydrazine groups is 1. The van der Waals surface area contributed by atoms with Crippen LogP contribution >= 0.6 is 0 Å². The third kappa shape index (κ3) is 3.56. The average Bonchev–Trinajstić information content (AvgIpc) is 2.36. The largest absolute Gasteiger partial charge is 0.354 e. The van der Waals surface area contributed by atoms with Gasteiger partial charge in [-0.1, -0.05) is 20.8 Å². The van der Waals surface area contributed by atoms with Crippen molar-refractivity contribution < 1.29 is 0 Å². The summed E-state index contributed by atoms with van der Waals surface area (Å²) in [6.07, 6.45) is 1.09. The topological polar surface area (TPSA) is 67.1 Å². The number of hydrogen-bond acceptors (Lipinski definition) is 5. The molecule has 5 nitrogen and oxygen atoms in total. The zero-order valence-corrected chi connectivity index (χ0v) is 13.0. The lowest BCUT2D eigenvalue weighted by molar-refractivity contribution is 0.651. The van der Waals surface area contributed by atoms with E-state index in [-0.39, 0.29) is 5.92 Å². The summed E-state index contributed by atoms with van der Waals surface area (Å²) in [6, 6.07) is 0.402. The van der Waals surface area contributed by atoms with Gasteiger partial charge in [-0.2, -0.15) is 0 Å². The van der Waals surface area contributed by atoms with Crippen molar-refractivity contribution in [2.75, 3.05) is 16.9 Å². The summed E-state index contributed by atoms with van der Waals surface area (Å²) in [5.41, 5.74) is 3.70. The van der Waals surface area contributed by atoms with Gasteiger partial charge < -0.3 is 10.3 Å². The quantitative estimate of drug-likeness (QED) is 0.611. The van der Waals surface area contributed by atoms with Gasteiger partial charge in [0.05, 0.1) is 0 Å². The van der Waals surface area contributed by atoms with E-state index in [1.54, 1.807) is 0 Å². The smallest absolute Gasteiger partial charge is 0.148 e. The first-order chi connectivity index (χ1) is 8.92. The second-order valence-corrected chi connectivity index (χ2v) is 5.47. The molecule has 108 valence electrons. The van der Waals surface area contributed by atoms with Gasteiger partial charge in [-0.15, -0.1) is 0 Å². The van der Waals surface area contributed by atoms with Crippen LogP contribution in [-0.2, 0) is 0 Å². The van der Waals surface area contributed by atoms with Crippen molar-refractivity contribution >= 4 is 11.6 Å². The molecule has 0 atom stereocenters. The fourth-order valence-electron chi connectivity index (χ4n) is 2.05. The maximum Gasteiger partial charge on any atom is 0.148 e. The van der Waals surface area contributed by atoms with Gasteiger partial charge >= 0.3 is 0 Å². The molecule has 0 radical (unpaired) electrons. The zero-order chi connectivity index (χ0) is 14.6. The summed E-state index contributed by atoms with van der Waals surface area (Å²) in [4.78, 5) is 11.5. The lowest BCUT2D eigenvalue weighted by Gasteiger charge is -2.30. The van der Waals surface area contributed by atoms with E-state index in [0.717, 1.165) is 36.0 Å². The third-order valence-corrected chi connectivity index (χ3v) is 3.15. The highest BCUT2D eigenvalue weighted by Gasteiger charge is 2.19. The van der Waals surface area contributed by atoms with Crippen LogP contribution in [0.1, 0.15) is 58.3 Å². The number of anilines is 2. The fraction of sp³-hybridized carbons (Fsp3) is 0.714. The van der Waals surface area contributed by atoms with Crippen LogP contribution in [0.15, 0.2) is 0 Å². The van der Waals surface area contributed by atoms with Gasteiger partial charge in [-0.25, -0.2) is 15.8 Å². The van der Waals surface area contributed by atoms with E-state index in [1.807, 2.05) is 6.92 Å². The summed E-state index contributed by atoms with van der Waals surface area (Å²) in [7, 11) is 0. The molecule has 0 saturated heterocycles. The van der Waals surface area contributed by atoms with Gasteiger partial charge in [0.1, 0.15) is 17.5 Å². The molecule has 0 aromatic carbocycles. The van der Waals surface area contributed by atoms with Gasteiger partial charge in [-0.3, -0.25) is 0 Å². The van der Waals surface area contributed by atoms with Gasteiger partial charge in [0.2, 0.25) is 0 Å². The second-order valence-electron chi connectivity index (χ2n) is 5.47. The standard InChI is InChI=1S/C14H27N5/c1-7-8-19(10(4)5)14-11(6)13(18-15)16-12(17-14)9(2)3/h9-10H,7-8,15H2,1-6H3,(H,16,17,18). The van der Waals surface area contributed by atoms with E-state index in [4.69, 9.17) is 10.8 Å².